The molecule has 0 aromatic heterocycles. The van der Waals surface area contributed by atoms with Crippen LogP contribution in [-0.4, -0.2) is 43.7 Å². The molecule has 0 aromatic rings. The first-order valence-electron chi connectivity index (χ1n) is 3.78. The normalized spacial score (nSPS) is 37.9. The molecule has 11 heavy (non-hydrogen) atoms. The lowest BCUT2D eigenvalue weighted by Gasteiger charge is -2.11. The van der Waals surface area contributed by atoms with Crippen molar-refractivity contribution in [2.24, 2.45) is 5.73 Å². The molecule has 0 aliphatic carbocycles. The molecule has 1 heterocycles. The van der Waals surface area contributed by atoms with Gasteiger partial charge in [-0.25, -0.2) is 0 Å². The highest BCUT2D eigenvalue weighted by Gasteiger charge is 2.31. The lowest BCUT2D eigenvalue weighted by Crippen LogP contribution is -2.32. The Bertz CT molecular complexity index is 120. The van der Waals surface area contributed by atoms with Crippen molar-refractivity contribution in [2.45, 2.75) is 24.7 Å². The lowest BCUT2D eigenvalue weighted by atomic mass is 10.1. The molecule has 0 aromatic carbocycles. The second kappa shape index (κ2) is 4.01. The van der Waals surface area contributed by atoms with Gasteiger partial charge in [-0.2, -0.15) is 0 Å². The Morgan fingerprint density at radius 1 is 1.73 bits per heavy atom. The van der Waals surface area contributed by atoms with Crippen LogP contribution in [0.15, 0.2) is 0 Å². The number of rotatable bonds is 3. The molecule has 1 fully saturated rings. The van der Waals surface area contributed by atoms with Crippen molar-refractivity contribution >= 4 is 0 Å². The molecule has 0 radical (unpaired) electrons. The summed E-state index contributed by atoms with van der Waals surface area (Å²) in [6.45, 7) is 0.561. The molecule has 0 bridgehead atoms. The smallest absolute Gasteiger partial charge is 0.0962 e. The zero-order valence-electron chi connectivity index (χ0n) is 6.69. The minimum atomic E-state index is -0.199. The SMILES string of the molecule is COCC1C[C@H](N)[C@H](CO)O1. The number of nitrogens with two attached hydrogens (primary N) is 1. The van der Waals surface area contributed by atoms with E-state index in [2.05, 4.69) is 0 Å². The van der Waals surface area contributed by atoms with Gasteiger partial charge in [-0.3, -0.25) is 0 Å². The van der Waals surface area contributed by atoms with E-state index in [9.17, 15) is 0 Å². The topological polar surface area (TPSA) is 64.7 Å². The number of aliphatic hydroxyl groups excluding tert-OH is 1. The molecule has 0 saturated carbocycles. The van der Waals surface area contributed by atoms with Crippen LogP contribution in [0.25, 0.3) is 0 Å². The predicted octanol–water partition coefficient (Wildman–Crippen LogP) is -0.890. The monoisotopic (exact) mass is 161 g/mol. The Morgan fingerprint density at radius 3 is 2.91 bits per heavy atom. The maximum atomic E-state index is 8.78. The van der Waals surface area contributed by atoms with Crippen molar-refractivity contribution in [2.75, 3.05) is 20.3 Å². The first-order valence-corrected chi connectivity index (χ1v) is 3.78. The molecule has 1 rings (SSSR count). The number of hydrogen-bond donors (Lipinski definition) is 2. The summed E-state index contributed by atoms with van der Waals surface area (Å²) in [6, 6.07) is -0.0415. The zero-order valence-corrected chi connectivity index (χ0v) is 6.69. The van der Waals surface area contributed by atoms with E-state index in [0.717, 1.165) is 6.42 Å². The Labute approximate surface area is 66.3 Å². The summed E-state index contributed by atoms with van der Waals surface area (Å²) >= 11 is 0. The quantitative estimate of drug-likeness (QED) is 0.563. The van der Waals surface area contributed by atoms with E-state index in [-0.39, 0.29) is 24.9 Å². The molecule has 0 spiro atoms. The number of hydrogen-bond acceptors (Lipinski definition) is 4. The van der Waals surface area contributed by atoms with E-state index < -0.39 is 0 Å². The van der Waals surface area contributed by atoms with E-state index in [1.165, 1.54) is 0 Å². The lowest BCUT2D eigenvalue weighted by molar-refractivity contribution is -0.0235. The second-order valence-corrected chi connectivity index (χ2v) is 2.83. The highest BCUT2D eigenvalue weighted by molar-refractivity contribution is 4.84. The van der Waals surface area contributed by atoms with Gasteiger partial charge in [0.1, 0.15) is 0 Å². The largest absolute Gasteiger partial charge is 0.394 e. The summed E-state index contributed by atoms with van der Waals surface area (Å²) in [5.41, 5.74) is 5.67. The molecule has 4 heteroatoms. The average Bonchev–Trinajstić information content (AvgIpc) is 2.32. The van der Waals surface area contributed by atoms with Gasteiger partial charge in [0.05, 0.1) is 25.4 Å². The van der Waals surface area contributed by atoms with Crippen LogP contribution in [-0.2, 0) is 9.47 Å². The third-order valence-corrected chi connectivity index (χ3v) is 1.91. The molecule has 66 valence electrons. The van der Waals surface area contributed by atoms with Gasteiger partial charge in [0.2, 0.25) is 0 Å². The predicted molar refractivity (Wildman–Crippen MR) is 40.2 cm³/mol. The maximum absolute atomic E-state index is 8.78. The summed E-state index contributed by atoms with van der Waals surface area (Å²) in [5, 5.41) is 8.78. The van der Waals surface area contributed by atoms with Gasteiger partial charge in [-0.15, -0.1) is 0 Å². The van der Waals surface area contributed by atoms with Gasteiger partial charge in [0.15, 0.2) is 0 Å². The van der Waals surface area contributed by atoms with Crippen molar-refractivity contribution in [1.82, 2.24) is 0 Å². The highest BCUT2D eigenvalue weighted by atomic mass is 16.5. The Balaban J connectivity index is 2.30. The fraction of sp³-hybridized carbons (Fsp3) is 1.00. The molecule has 3 N–H and O–H groups in total. The van der Waals surface area contributed by atoms with Crippen LogP contribution in [0.4, 0.5) is 0 Å². The van der Waals surface area contributed by atoms with Gasteiger partial charge in [-0.1, -0.05) is 0 Å². The van der Waals surface area contributed by atoms with Crippen LogP contribution in [0.2, 0.25) is 0 Å². The third kappa shape index (κ3) is 2.13. The molecule has 4 nitrogen and oxygen atoms in total. The first kappa shape index (κ1) is 8.93. The van der Waals surface area contributed by atoms with E-state index in [4.69, 9.17) is 20.3 Å². The highest BCUT2D eigenvalue weighted by Crippen LogP contribution is 2.18. The average molecular weight is 161 g/mol. The van der Waals surface area contributed by atoms with E-state index in [1.54, 1.807) is 7.11 Å². The zero-order chi connectivity index (χ0) is 8.27. The van der Waals surface area contributed by atoms with Crippen LogP contribution in [0, 0.1) is 0 Å². The van der Waals surface area contributed by atoms with Crippen LogP contribution >= 0.6 is 0 Å². The van der Waals surface area contributed by atoms with Gasteiger partial charge in [-0.05, 0) is 6.42 Å². The van der Waals surface area contributed by atoms with Crippen LogP contribution in [0.1, 0.15) is 6.42 Å². The summed E-state index contributed by atoms with van der Waals surface area (Å²) < 4.78 is 10.3. The molecule has 0 amide bonds. The molecule has 1 unspecified atom stereocenters. The van der Waals surface area contributed by atoms with Crippen LogP contribution in [0.3, 0.4) is 0 Å². The van der Waals surface area contributed by atoms with Crippen LogP contribution < -0.4 is 5.73 Å². The first-order chi connectivity index (χ1) is 5.27. The molecule has 1 saturated heterocycles. The molecular weight excluding hydrogens is 146 g/mol. The summed E-state index contributed by atoms with van der Waals surface area (Å²) in [7, 11) is 1.63. The minimum Gasteiger partial charge on any atom is -0.394 e. The molecule has 3 atom stereocenters. The van der Waals surface area contributed by atoms with E-state index >= 15 is 0 Å². The molecular formula is C7H15NO3. The van der Waals surface area contributed by atoms with Crippen molar-refractivity contribution in [3.63, 3.8) is 0 Å². The Hall–Kier alpha value is -0.160. The summed E-state index contributed by atoms with van der Waals surface area (Å²) in [5.74, 6) is 0. The number of aliphatic hydroxyl groups is 1. The summed E-state index contributed by atoms with van der Waals surface area (Å²) in [4.78, 5) is 0. The van der Waals surface area contributed by atoms with Gasteiger partial charge < -0.3 is 20.3 Å². The molecule has 1 aliphatic heterocycles. The van der Waals surface area contributed by atoms with Gasteiger partial charge >= 0.3 is 0 Å². The van der Waals surface area contributed by atoms with Gasteiger partial charge in [0.25, 0.3) is 0 Å². The van der Waals surface area contributed by atoms with Crippen LogP contribution in [0.5, 0.6) is 0 Å². The molecule has 1 aliphatic rings. The van der Waals surface area contributed by atoms with E-state index in [0.29, 0.717) is 6.61 Å². The maximum Gasteiger partial charge on any atom is 0.0962 e. The van der Waals surface area contributed by atoms with E-state index in [1.807, 2.05) is 0 Å². The third-order valence-electron chi connectivity index (χ3n) is 1.91. The van der Waals surface area contributed by atoms with Crippen molar-refractivity contribution < 1.29 is 14.6 Å². The Morgan fingerprint density at radius 2 is 2.45 bits per heavy atom. The summed E-state index contributed by atoms with van der Waals surface area (Å²) in [6.07, 6.45) is 0.640. The fourth-order valence-electron chi connectivity index (χ4n) is 1.33. The fourth-order valence-corrected chi connectivity index (χ4v) is 1.33. The second-order valence-electron chi connectivity index (χ2n) is 2.83. The van der Waals surface area contributed by atoms with Crippen molar-refractivity contribution in [1.29, 1.82) is 0 Å². The standard InChI is InChI=1S/C7H15NO3/c1-10-4-5-2-6(8)7(3-9)11-5/h5-7,9H,2-4,8H2,1H3/t5?,6-,7-/m0/s1. The minimum absolute atomic E-state index is 0.00137. The van der Waals surface area contributed by atoms with Gasteiger partial charge in [0, 0.05) is 13.2 Å². The number of ether oxygens (including phenoxy) is 2. The Kier molecular flexibility index (Phi) is 3.26. The number of methoxy groups -OCH3 is 1. The van der Waals surface area contributed by atoms with Crippen molar-refractivity contribution in [3.05, 3.63) is 0 Å². The van der Waals surface area contributed by atoms with Crippen molar-refractivity contribution in [3.8, 4) is 0 Å².